The number of hydrogen-bond acceptors (Lipinski definition) is 2. The smallest absolute Gasteiger partial charge is 0.126 e. The first kappa shape index (κ1) is 12.1. The zero-order valence-electron chi connectivity index (χ0n) is 9.98. The van der Waals surface area contributed by atoms with E-state index in [1.54, 1.807) is 13.2 Å². The van der Waals surface area contributed by atoms with Crippen molar-refractivity contribution in [2.75, 3.05) is 7.11 Å². The molecule has 0 atom stereocenters. The highest BCUT2D eigenvalue weighted by molar-refractivity contribution is 5.71. The van der Waals surface area contributed by atoms with E-state index in [9.17, 15) is 4.39 Å². The van der Waals surface area contributed by atoms with Crippen molar-refractivity contribution in [1.29, 1.82) is 5.26 Å². The van der Waals surface area contributed by atoms with Crippen molar-refractivity contribution >= 4 is 0 Å². The minimum Gasteiger partial charge on any atom is -0.496 e. The number of benzene rings is 2. The Morgan fingerprint density at radius 3 is 2.78 bits per heavy atom. The van der Waals surface area contributed by atoms with E-state index in [0.717, 1.165) is 11.1 Å². The summed E-state index contributed by atoms with van der Waals surface area (Å²) in [7, 11) is 1.55. The highest BCUT2D eigenvalue weighted by atomic mass is 19.1. The number of rotatable bonds is 3. The quantitative estimate of drug-likeness (QED) is 0.823. The molecule has 0 saturated carbocycles. The summed E-state index contributed by atoms with van der Waals surface area (Å²) >= 11 is 0. The summed E-state index contributed by atoms with van der Waals surface area (Å²) in [6, 6.07) is 14.0. The van der Waals surface area contributed by atoms with E-state index in [0.29, 0.717) is 17.7 Å². The highest BCUT2D eigenvalue weighted by Gasteiger charge is 2.07. The molecule has 0 heterocycles. The molecule has 2 aromatic rings. The standard InChI is InChI=1S/C15H12FNO/c1-18-15-6-5-13(16)10-14(15)12-4-2-3-11(9-12)7-8-17/h2-6,9-10H,7H2,1H3. The van der Waals surface area contributed by atoms with E-state index >= 15 is 0 Å². The lowest BCUT2D eigenvalue weighted by atomic mass is 10.0. The maximum Gasteiger partial charge on any atom is 0.126 e. The number of nitrogens with zero attached hydrogens (tertiary/aromatic N) is 1. The van der Waals surface area contributed by atoms with Crippen molar-refractivity contribution < 1.29 is 9.13 Å². The van der Waals surface area contributed by atoms with E-state index in [2.05, 4.69) is 6.07 Å². The number of halogens is 1. The summed E-state index contributed by atoms with van der Waals surface area (Å²) in [6.45, 7) is 0. The van der Waals surface area contributed by atoms with Gasteiger partial charge in [-0.3, -0.25) is 0 Å². The lowest BCUT2D eigenvalue weighted by Crippen LogP contribution is -1.90. The topological polar surface area (TPSA) is 33.0 Å². The van der Waals surface area contributed by atoms with Gasteiger partial charge in [0.1, 0.15) is 11.6 Å². The second-order valence-corrected chi connectivity index (χ2v) is 3.88. The fraction of sp³-hybridized carbons (Fsp3) is 0.133. The lowest BCUT2D eigenvalue weighted by molar-refractivity contribution is 0.415. The maximum absolute atomic E-state index is 13.3. The van der Waals surface area contributed by atoms with Gasteiger partial charge in [0.25, 0.3) is 0 Å². The molecular weight excluding hydrogens is 229 g/mol. The summed E-state index contributed by atoms with van der Waals surface area (Å²) in [6.07, 6.45) is 0.339. The molecule has 2 rings (SSSR count). The predicted octanol–water partition coefficient (Wildman–Crippen LogP) is 3.57. The van der Waals surface area contributed by atoms with Gasteiger partial charge in [0.2, 0.25) is 0 Å². The molecule has 0 N–H and O–H groups in total. The molecule has 3 heteroatoms. The molecule has 0 aliphatic rings. The third-order valence-corrected chi connectivity index (χ3v) is 2.68. The van der Waals surface area contributed by atoms with Crippen molar-refractivity contribution in [2.45, 2.75) is 6.42 Å². The van der Waals surface area contributed by atoms with Crippen LogP contribution in [0.15, 0.2) is 42.5 Å². The van der Waals surface area contributed by atoms with Crippen LogP contribution in [-0.2, 0) is 6.42 Å². The molecule has 0 saturated heterocycles. The number of hydrogen-bond donors (Lipinski definition) is 0. The normalized spacial score (nSPS) is 9.83. The largest absolute Gasteiger partial charge is 0.496 e. The molecule has 0 amide bonds. The van der Waals surface area contributed by atoms with Gasteiger partial charge in [0.15, 0.2) is 0 Å². The Morgan fingerprint density at radius 2 is 2.06 bits per heavy atom. The second-order valence-electron chi connectivity index (χ2n) is 3.88. The second kappa shape index (κ2) is 5.33. The van der Waals surface area contributed by atoms with Crippen molar-refractivity contribution in [1.82, 2.24) is 0 Å². The summed E-state index contributed by atoms with van der Waals surface area (Å²) < 4.78 is 18.5. The maximum atomic E-state index is 13.3. The number of nitriles is 1. The molecule has 2 nitrogen and oxygen atoms in total. The first-order chi connectivity index (χ1) is 8.74. The summed E-state index contributed by atoms with van der Waals surface area (Å²) in [5, 5.41) is 8.69. The van der Waals surface area contributed by atoms with Gasteiger partial charge in [-0.2, -0.15) is 5.26 Å². The van der Waals surface area contributed by atoms with Crippen LogP contribution in [0.1, 0.15) is 5.56 Å². The average Bonchev–Trinajstić information content (AvgIpc) is 2.39. The molecule has 0 spiro atoms. The van der Waals surface area contributed by atoms with Crippen molar-refractivity contribution in [3.8, 4) is 22.9 Å². The van der Waals surface area contributed by atoms with Crippen molar-refractivity contribution in [2.24, 2.45) is 0 Å². The van der Waals surface area contributed by atoms with Gasteiger partial charge >= 0.3 is 0 Å². The first-order valence-electron chi connectivity index (χ1n) is 5.54. The van der Waals surface area contributed by atoms with Gasteiger partial charge in [0.05, 0.1) is 19.6 Å². The monoisotopic (exact) mass is 241 g/mol. The van der Waals surface area contributed by atoms with Crippen molar-refractivity contribution in [3.63, 3.8) is 0 Å². The molecule has 0 radical (unpaired) electrons. The Kier molecular flexibility index (Phi) is 3.59. The Morgan fingerprint density at radius 1 is 1.22 bits per heavy atom. The van der Waals surface area contributed by atoms with Crippen LogP contribution in [0.5, 0.6) is 5.75 Å². The molecule has 2 aromatic carbocycles. The predicted molar refractivity (Wildman–Crippen MR) is 67.7 cm³/mol. The van der Waals surface area contributed by atoms with Crippen LogP contribution in [0.3, 0.4) is 0 Å². The molecule has 0 aromatic heterocycles. The third kappa shape index (κ3) is 2.49. The molecule has 0 bridgehead atoms. The van der Waals surface area contributed by atoms with Crippen LogP contribution in [0.2, 0.25) is 0 Å². The van der Waals surface area contributed by atoms with Gasteiger partial charge < -0.3 is 4.74 Å². The highest BCUT2D eigenvalue weighted by Crippen LogP contribution is 2.31. The van der Waals surface area contributed by atoms with Gasteiger partial charge in [-0.15, -0.1) is 0 Å². The summed E-state index contributed by atoms with van der Waals surface area (Å²) in [5.74, 6) is 0.307. The Hall–Kier alpha value is -2.34. The minimum atomic E-state index is -0.309. The number of ether oxygens (including phenoxy) is 1. The van der Waals surface area contributed by atoms with E-state index < -0.39 is 0 Å². The average molecular weight is 241 g/mol. The molecular formula is C15H12FNO. The molecule has 18 heavy (non-hydrogen) atoms. The van der Waals surface area contributed by atoms with Gasteiger partial charge in [-0.1, -0.05) is 18.2 Å². The fourth-order valence-corrected chi connectivity index (χ4v) is 1.85. The molecule has 90 valence electrons. The van der Waals surface area contributed by atoms with Crippen LogP contribution in [-0.4, -0.2) is 7.11 Å². The minimum absolute atomic E-state index is 0.309. The van der Waals surface area contributed by atoms with Gasteiger partial charge in [0, 0.05) is 5.56 Å². The fourth-order valence-electron chi connectivity index (χ4n) is 1.85. The zero-order chi connectivity index (χ0) is 13.0. The van der Waals surface area contributed by atoms with E-state index in [-0.39, 0.29) is 5.82 Å². The van der Waals surface area contributed by atoms with Crippen LogP contribution in [0.25, 0.3) is 11.1 Å². The molecule has 0 aliphatic carbocycles. The lowest BCUT2D eigenvalue weighted by Gasteiger charge is -2.09. The SMILES string of the molecule is COc1ccc(F)cc1-c1cccc(CC#N)c1. The zero-order valence-corrected chi connectivity index (χ0v) is 9.98. The van der Waals surface area contributed by atoms with Crippen LogP contribution < -0.4 is 4.74 Å². The van der Waals surface area contributed by atoms with Crippen molar-refractivity contribution in [3.05, 3.63) is 53.8 Å². The van der Waals surface area contributed by atoms with Crippen LogP contribution in [0, 0.1) is 17.1 Å². The number of methoxy groups -OCH3 is 1. The molecule has 0 fully saturated rings. The Balaban J connectivity index is 2.51. The van der Waals surface area contributed by atoms with Gasteiger partial charge in [-0.25, -0.2) is 4.39 Å². The van der Waals surface area contributed by atoms with E-state index in [1.807, 2.05) is 24.3 Å². The molecule has 0 aliphatic heterocycles. The van der Waals surface area contributed by atoms with E-state index in [4.69, 9.17) is 10.00 Å². The third-order valence-electron chi connectivity index (χ3n) is 2.68. The van der Waals surface area contributed by atoms with Crippen LogP contribution in [0.4, 0.5) is 4.39 Å². The van der Waals surface area contributed by atoms with Crippen LogP contribution >= 0.6 is 0 Å². The Labute approximate surface area is 105 Å². The van der Waals surface area contributed by atoms with Gasteiger partial charge in [-0.05, 0) is 35.4 Å². The van der Waals surface area contributed by atoms with E-state index in [1.165, 1.54) is 12.1 Å². The summed E-state index contributed by atoms with van der Waals surface area (Å²) in [5.41, 5.74) is 2.44. The summed E-state index contributed by atoms with van der Waals surface area (Å²) in [4.78, 5) is 0. The Bertz CT molecular complexity index is 602. The first-order valence-corrected chi connectivity index (χ1v) is 5.54. The molecule has 0 unspecified atom stereocenters.